The van der Waals surface area contributed by atoms with Gasteiger partial charge in [-0.3, -0.25) is 0 Å². The predicted molar refractivity (Wildman–Crippen MR) is 84.9 cm³/mol. The molecule has 3 atom stereocenters. The summed E-state index contributed by atoms with van der Waals surface area (Å²) in [6, 6.07) is 6.92. The van der Waals surface area contributed by atoms with Gasteiger partial charge >= 0.3 is 0 Å². The van der Waals surface area contributed by atoms with E-state index in [9.17, 15) is 0 Å². The van der Waals surface area contributed by atoms with Crippen LogP contribution in [0.3, 0.4) is 0 Å². The quantitative estimate of drug-likeness (QED) is 0.898. The van der Waals surface area contributed by atoms with Crippen molar-refractivity contribution in [3.05, 3.63) is 29.3 Å². The molecule has 0 aromatic heterocycles. The molecule has 0 radical (unpaired) electrons. The van der Waals surface area contributed by atoms with E-state index in [1.807, 2.05) is 0 Å². The lowest BCUT2D eigenvalue weighted by Crippen LogP contribution is -2.41. The highest BCUT2D eigenvalue weighted by atomic mass is 16.5. The van der Waals surface area contributed by atoms with Crippen LogP contribution in [0.5, 0.6) is 5.75 Å². The highest BCUT2D eigenvalue weighted by Gasteiger charge is 2.39. The van der Waals surface area contributed by atoms with Gasteiger partial charge < -0.3 is 14.8 Å². The highest BCUT2D eigenvalue weighted by molar-refractivity contribution is 5.42. The average Bonchev–Trinajstić information content (AvgIpc) is 3.04. The summed E-state index contributed by atoms with van der Waals surface area (Å²) in [5, 5.41) is 3.70. The van der Waals surface area contributed by atoms with Crippen LogP contribution in [0, 0.1) is 0 Å². The zero-order chi connectivity index (χ0) is 14.9. The minimum absolute atomic E-state index is 0.0888. The van der Waals surface area contributed by atoms with E-state index in [1.54, 1.807) is 0 Å². The van der Waals surface area contributed by atoms with Gasteiger partial charge in [0.1, 0.15) is 11.9 Å². The van der Waals surface area contributed by atoms with Gasteiger partial charge in [0.15, 0.2) is 0 Å². The van der Waals surface area contributed by atoms with Crippen molar-refractivity contribution in [2.24, 2.45) is 0 Å². The summed E-state index contributed by atoms with van der Waals surface area (Å²) in [6.45, 7) is 8.49. The van der Waals surface area contributed by atoms with Gasteiger partial charge in [0, 0.05) is 13.0 Å². The fourth-order valence-electron chi connectivity index (χ4n) is 3.62. The van der Waals surface area contributed by atoms with Gasteiger partial charge in [0.2, 0.25) is 0 Å². The second-order valence-electron chi connectivity index (χ2n) is 6.65. The minimum atomic E-state index is -0.0888. The van der Waals surface area contributed by atoms with Crippen molar-refractivity contribution < 1.29 is 9.47 Å². The van der Waals surface area contributed by atoms with Gasteiger partial charge in [0.05, 0.1) is 11.6 Å². The molecule has 3 nitrogen and oxygen atoms in total. The topological polar surface area (TPSA) is 30.5 Å². The van der Waals surface area contributed by atoms with E-state index in [2.05, 4.69) is 44.3 Å². The molecule has 3 unspecified atom stereocenters. The second kappa shape index (κ2) is 5.98. The summed E-state index contributed by atoms with van der Waals surface area (Å²) in [6.07, 6.45) is 4.74. The Bertz CT molecular complexity index is 494. The Labute approximate surface area is 128 Å². The molecule has 0 amide bonds. The average molecular weight is 289 g/mol. The summed E-state index contributed by atoms with van der Waals surface area (Å²) in [5.41, 5.74) is 2.59. The normalized spacial score (nSPS) is 29.2. The van der Waals surface area contributed by atoms with Crippen LogP contribution in [0.1, 0.15) is 57.2 Å². The summed E-state index contributed by atoms with van der Waals surface area (Å²) in [4.78, 5) is 0. The third kappa shape index (κ3) is 2.95. The van der Waals surface area contributed by atoms with Gasteiger partial charge in [-0.1, -0.05) is 19.1 Å². The maximum atomic E-state index is 6.10. The molecule has 2 heterocycles. The van der Waals surface area contributed by atoms with Crippen molar-refractivity contribution in [1.29, 1.82) is 0 Å². The molecule has 0 aliphatic carbocycles. The molecule has 1 aromatic carbocycles. The fourth-order valence-corrected chi connectivity index (χ4v) is 3.62. The summed E-state index contributed by atoms with van der Waals surface area (Å²) in [7, 11) is 0. The maximum absolute atomic E-state index is 6.10. The van der Waals surface area contributed by atoms with E-state index < -0.39 is 0 Å². The highest BCUT2D eigenvalue weighted by Crippen LogP contribution is 2.39. The molecule has 1 saturated heterocycles. The van der Waals surface area contributed by atoms with Crippen LogP contribution in [-0.2, 0) is 11.2 Å². The Morgan fingerprint density at radius 3 is 3.00 bits per heavy atom. The van der Waals surface area contributed by atoms with Crippen LogP contribution in [0.15, 0.2) is 18.2 Å². The molecule has 0 spiro atoms. The van der Waals surface area contributed by atoms with Gasteiger partial charge in [-0.15, -0.1) is 0 Å². The van der Waals surface area contributed by atoms with Crippen LogP contribution >= 0.6 is 0 Å². The molecule has 3 heteroatoms. The SMILES string of the molecule is CCCNC(c1ccc2c(c1)CC(C)O2)C1(C)CCCO1. The lowest BCUT2D eigenvalue weighted by molar-refractivity contribution is -0.0124. The van der Waals surface area contributed by atoms with Gasteiger partial charge in [-0.2, -0.15) is 0 Å². The molecular formula is C18H27NO2. The van der Waals surface area contributed by atoms with Crippen molar-refractivity contribution in [3.63, 3.8) is 0 Å². The third-order valence-corrected chi connectivity index (χ3v) is 4.71. The van der Waals surface area contributed by atoms with Crippen molar-refractivity contribution in [3.8, 4) is 5.75 Å². The van der Waals surface area contributed by atoms with E-state index in [4.69, 9.17) is 9.47 Å². The van der Waals surface area contributed by atoms with Crippen LogP contribution in [-0.4, -0.2) is 24.9 Å². The Morgan fingerprint density at radius 1 is 1.43 bits per heavy atom. The Balaban J connectivity index is 1.88. The zero-order valence-corrected chi connectivity index (χ0v) is 13.4. The van der Waals surface area contributed by atoms with Crippen molar-refractivity contribution >= 4 is 0 Å². The number of rotatable bonds is 5. The number of nitrogens with one attached hydrogen (secondary N) is 1. The molecular weight excluding hydrogens is 262 g/mol. The monoisotopic (exact) mass is 289 g/mol. The molecule has 1 fully saturated rings. The molecule has 2 aliphatic heterocycles. The first-order valence-corrected chi connectivity index (χ1v) is 8.29. The van der Waals surface area contributed by atoms with Crippen LogP contribution < -0.4 is 10.1 Å². The van der Waals surface area contributed by atoms with E-state index in [0.29, 0.717) is 6.10 Å². The third-order valence-electron chi connectivity index (χ3n) is 4.71. The first-order valence-electron chi connectivity index (χ1n) is 8.29. The first kappa shape index (κ1) is 14.9. The number of ether oxygens (including phenoxy) is 2. The molecule has 0 bridgehead atoms. The smallest absolute Gasteiger partial charge is 0.123 e. The number of hydrogen-bond donors (Lipinski definition) is 1. The van der Waals surface area contributed by atoms with Crippen LogP contribution in [0.2, 0.25) is 0 Å². The molecule has 1 N–H and O–H groups in total. The van der Waals surface area contributed by atoms with Gasteiger partial charge in [0.25, 0.3) is 0 Å². The van der Waals surface area contributed by atoms with Crippen LogP contribution in [0.25, 0.3) is 0 Å². The molecule has 3 rings (SSSR count). The largest absolute Gasteiger partial charge is 0.490 e. The predicted octanol–water partition coefficient (Wildman–Crippen LogP) is 3.62. The summed E-state index contributed by atoms with van der Waals surface area (Å²) in [5.74, 6) is 1.05. The Hall–Kier alpha value is -1.06. The zero-order valence-electron chi connectivity index (χ0n) is 13.4. The number of hydrogen-bond acceptors (Lipinski definition) is 3. The van der Waals surface area contributed by atoms with Crippen molar-refractivity contribution in [2.45, 2.75) is 64.2 Å². The second-order valence-corrected chi connectivity index (χ2v) is 6.65. The lowest BCUT2D eigenvalue weighted by Gasteiger charge is -2.34. The standard InChI is InChI=1S/C18H27NO2/c1-4-9-19-17(18(3)8-5-10-20-18)14-6-7-16-15(12-14)11-13(2)21-16/h6-7,12-13,17,19H,4-5,8-11H2,1-3H3. The van der Waals surface area contributed by atoms with E-state index in [-0.39, 0.29) is 11.6 Å². The fraction of sp³-hybridized carbons (Fsp3) is 0.667. The Kier molecular flexibility index (Phi) is 4.23. The maximum Gasteiger partial charge on any atom is 0.123 e. The van der Waals surface area contributed by atoms with E-state index in [1.165, 1.54) is 11.1 Å². The molecule has 21 heavy (non-hydrogen) atoms. The molecule has 0 saturated carbocycles. The summed E-state index contributed by atoms with van der Waals surface area (Å²) < 4.78 is 11.9. The minimum Gasteiger partial charge on any atom is -0.490 e. The summed E-state index contributed by atoms with van der Waals surface area (Å²) >= 11 is 0. The molecule has 1 aromatic rings. The van der Waals surface area contributed by atoms with Crippen molar-refractivity contribution in [2.75, 3.05) is 13.2 Å². The first-order chi connectivity index (χ1) is 10.1. The number of benzene rings is 1. The molecule has 2 aliphatic rings. The Morgan fingerprint density at radius 2 is 2.29 bits per heavy atom. The van der Waals surface area contributed by atoms with E-state index in [0.717, 1.165) is 44.6 Å². The van der Waals surface area contributed by atoms with Crippen molar-refractivity contribution in [1.82, 2.24) is 5.32 Å². The van der Waals surface area contributed by atoms with Crippen LogP contribution in [0.4, 0.5) is 0 Å². The van der Waals surface area contributed by atoms with Gasteiger partial charge in [-0.05, 0) is 56.8 Å². The number of fused-ring (bicyclic) bond motifs is 1. The molecule has 116 valence electrons. The lowest BCUT2D eigenvalue weighted by atomic mass is 9.86. The van der Waals surface area contributed by atoms with E-state index >= 15 is 0 Å². The van der Waals surface area contributed by atoms with Gasteiger partial charge in [-0.25, -0.2) is 0 Å².